The lowest BCUT2D eigenvalue weighted by molar-refractivity contribution is -0.137. The Labute approximate surface area is 196 Å². The molecule has 1 saturated heterocycles. The van der Waals surface area contributed by atoms with Gasteiger partial charge in [0.1, 0.15) is 5.76 Å². The van der Waals surface area contributed by atoms with Gasteiger partial charge in [-0.2, -0.15) is 13.2 Å². The van der Waals surface area contributed by atoms with Gasteiger partial charge in [-0.1, -0.05) is 42.5 Å². The van der Waals surface area contributed by atoms with Crippen molar-refractivity contribution in [2.24, 2.45) is 0 Å². The second kappa shape index (κ2) is 9.18. The summed E-state index contributed by atoms with van der Waals surface area (Å²) in [7, 11) is 1.60. The fourth-order valence-electron chi connectivity index (χ4n) is 4.80. The van der Waals surface area contributed by atoms with Crippen molar-refractivity contribution >= 4 is 11.0 Å². The van der Waals surface area contributed by atoms with Crippen LogP contribution in [-0.4, -0.2) is 25.1 Å². The molecule has 1 aromatic heterocycles. The highest BCUT2D eigenvalue weighted by molar-refractivity contribution is 5.88. The fraction of sp³-hybridized carbons (Fsp3) is 0.286. The Kier molecular flexibility index (Phi) is 6.09. The van der Waals surface area contributed by atoms with Crippen LogP contribution >= 0.6 is 0 Å². The van der Waals surface area contributed by atoms with E-state index in [2.05, 4.69) is 41.3 Å². The second-order valence-electron chi connectivity index (χ2n) is 8.86. The summed E-state index contributed by atoms with van der Waals surface area (Å²) >= 11 is 0. The van der Waals surface area contributed by atoms with Crippen molar-refractivity contribution in [3.05, 3.63) is 89.5 Å². The van der Waals surface area contributed by atoms with Crippen LogP contribution in [0.15, 0.2) is 77.2 Å². The lowest BCUT2D eigenvalue weighted by atomic mass is 9.89. The number of fused-ring (bicyclic) bond motifs is 1. The van der Waals surface area contributed by atoms with Gasteiger partial charge < -0.3 is 9.15 Å². The minimum Gasteiger partial charge on any atom is -0.493 e. The van der Waals surface area contributed by atoms with E-state index in [-0.39, 0.29) is 0 Å². The maximum Gasteiger partial charge on any atom is 0.416 e. The van der Waals surface area contributed by atoms with Crippen LogP contribution in [0.3, 0.4) is 0 Å². The molecule has 0 spiro atoms. The van der Waals surface area contributed by atoms with Crippen molar-refractivity contribution in [1.29, 1.82) is 0 Å². The minimum absolute atomic E-state index is 0.517. The minimum atomic E-state index is -4.36. The molecule has 176 valence electrons. The first kappa shape index (κ1) is 22.5. The highest BCUT2D eigenvalue weighted by Gasteiger charge is 2.30. The number of piperidine rings is 1. The van der Waals surface area contributed by atoms with Crippen LogP contribution in [-0.2, 0) is 12.7 Å². The summed E-state index contributed by atoms with van der Waals surface area (Å²) in [4.78, 5) is 2.46. The molecule has 0 atom stereocenters. The summed E-state index contributed by atoms with van der Waals surface area (Å²) in [5, 5.41) is 0.878. The first-order valence-corrected chi connectivity index (χ1v) is 11.5. The van der Waals surface area contributed by atoms with E-state index < -0.39 is 11.7 Å². The normalized spacial score (nSPS) is 15.6. The Balaban J connectivity index is 1.33. The number of likely N-dealkylation sites (tertiary alicyclic amines) is 1. The predicted molar refractivity (Wildman–Crippen MR) is 127 cm³/mol. The third-order valence-electron chi connectivity index (χ3n) is 6.62. The topological polar surface area (TPSA) is 25.6 Å². The monoisotopic (exact) mass is 465 g/mol. The van der Waals surface area contributed by atoms with Crippen molar-refractivity contribution in [1.82, 2.24) is 4.90 Å². The van der Waals surface area contributed by atoms with Gasteiger partial charge in [0.05, 0.1) is 12.7 Å². The molecule has 5 rings (SSSR count). The average Bonchev–Trinajstić information content (AvgIpc) is 3.28. The van der Waals surface area contributed by atoms with Gasteiger partial charge in [-0.3, -0.25) is 4.90 Å². The largest absolute Gasteiger partial charge is 0.493 e. The number of nitrogens with zero attached hydrogens (tertiary/aromatic N) is 1. The van der Waals surface area contributed by atoms with Crippen LogP contribution in [0.5, 0.6) is 5.75 Å². The molecule has 0 bridgehead atoms. The number of furan rings is 1. The van der Waals surface area contributed by atoms with Crippen LogP contribution < -0.4 is 4.74 Å². The molecule has 3 nitrogen and oxygen atoms in total. The van der Waals surface area contributed by atoms with E-state index in [1.807, 2.05) is 12.1 Å². The first-order valence-electron chi connectivity index (χ1n) is 11.5. The number of ether oxygens (including phenoxy) is 1. The number of halogens is 3. The summed E-state index contributed by atoms with van der Waals surface area (Å²) in [6, 6.07) is 21.7. The maximum absolute atomic E-state index is 12.9. The third-order valence-corrected chi connectivity index (χ3v) is 6.62. The lowest BCUT2D eigenvalue weighted by Gasteiger charge is -2.32. The van der Waals surface area contributed by atoms with Crippen LogP contribution in [0.25, 0.3) is 22.3 Å². The fourth-order valence-corrected chi connectivity index (χ4v) is 4.80. The average molecular weight is 466 g/mol. The Morgan fingerprint density at radius 2 is 1.65 bits per heavy atom. The SMILES string of the molecule is COc1cc(CN2CCC(c3ccccc3)CC2)cc2cc(-c3ccc(C(F)(F)F)cc3)oc12. The molecule has 0 unspecified atom stereocenters. The van der Waals surface area contributed by atoms with Gasteiger partial charge in [0.15, 0.2) is 11.3 Å². The van der Waals surface area contributed by atoms with Crippen LogP contribution in [0.2, 0.25) is 0 Å². The molecular formula is C28H26F3NO2. The first-order chi connectivity index (χ1) is 16.4. The molecule has 0 aliphatic carbocycles. The third kappa shape index (κ3) is 4.68. The van der Waals surface area contributed by atoms with Crippen LogP contribution in [0, 0.1) is 0 Å². The number of hydrogen-bond donors (Lipinski definition) is 0. The highest BCUT2D eigenvalue weighted by Crippen LogP contribution is 2.37. The molecular weight excluding hydrogens is 439 g/mol. The molecule has 1 aliphatic heterocycles. The zero-order valence-corrected chi connectivity index (χ0v) is 18.9. The van der Waals surface area contributed by atoms with Crippen molar-refractivity contribution in [2.75, 3.05) is 20.2 Å². The molecule has 1 aliphatic rings. The highest BCUT2D eigenvalue weighted by atomic mass is 19.4. The Hall–Kier alpha value is -3.25. The number of alkyl halides is 3. The van der Waals surface area contributed by atoms with Gasteiger partial charge in [0.25, 0.3) is 0 Å². The van der Waals surface area contributed by atoms with Crippen LogP contribution in [0.1, 0.15) is 35.4 Å². The van der Waals surface area contributed by atoms with Crippen LogP contribution in [0.4, 0.5) is 13.2 Å². The van der Waals surface area contributed by atoms with Crippen molar-refractivity contribution in [2.45, 2.75) is 31.5 Å². The van der Waals surface area contributed by atoms with Gasteiger partial charge in [-0.05, 0) is 73.3 Å². The number of benzene rings is 3. The molecule has 2 heterocycles. The van der Waals surface area contributed by atoms with Gasteiger partial charge in [0, 0.05) is 17.5 Å². The quantitative estimate of drug-likeness (QED) is 0.305. The molecule has 34 heavy (non-hydrogen) atoms. The Morgan fingerprint density at radius 1 is 0.941 bits per heavy atom. The smallest absolute Gasteiger partial charge is 0.416 e. The summed E-state index contributed by atoms with van der Waals surface area (Å²) < 4.78 is 50.2. The summed E-state index contributed by atoms with van der Waals surface area (Å²) in [5.41, 5.74) is 3.06. The van der Waals surface area contributed by atoms with E-state index in [9.17, 15) is 13.2 Å². The zero-order valence-electron chi connectivity index (χ0n) is 18.9. The van der Waals surface area contributed by atoms with E-state index in [1.165, 1.54) is 17.7 Å². The molecule has 6 heteroatoms. The van der Waals surface area contributed by atoms with Gasteiger partial charge in [-0.15, -0.1) is 0 Å². The van der Waals surface area contributed by atoms with Crippen molar-refractivity contribution < 1.29 is 22.3 Å². The second-order valence-corrected chi connectivity index (χ2v) is 8.86. The number of rotatable bonds is 5. The molecule has 0 amide bonds. The van der Waals surface area contributed by atoms with Gasteiger partial charge in [0.2, 0.25) is 0 Å². The van der Waals surface area contributed by atoms with Crippen molar-refractivity contribution in [3.63, 3.8) is 0 Å². The zero-order chi connectivity index (χ0) is 23.7. The summed E-state index contributed by atoms with van der Waals surface area (Å²) in [5.74, 6) is 1.75. The van der Waals surface area contributed by atoms with Crippen molar-refractivity contribution in [3.8, 4) is 17.1 Å². The molecule has 0 saturated carbocycles. The van der Waals surface area contributed by atoms with E-state index in [1.54, 1.807) is 7.11 Å². The van der Waals surface area contributed by atoms with Gasteiger partial charge >= 0.3 is 6.18 Å². The Bertz CT molecular complexity index is 1250. The number of methoxy groups -OCH3 is 1. The maximum atomic E-state index is 12.9. The lowest BCUT2D eigenvalue weighted by Crippen LogP contribution is -2.32. The molecule has 0 N–H and O–H groups in total. The van der Waals surface area contributed by atoms with E-state index >= 15 is 0 Å². The van der Waals surface area contributed by atoms with Gasteiger partial charge in [-0.25, -0.2) is 0 Å². The van der Waals surface area contributed by atoms with E-state index in [0.717, 1.165) is 55.6 Å². The van der Waals surface area contributed by atoms with E-state index in [4.69, 9.17) is 9.15 Å². The number of hydrogen-bond acceptors (Lipinski definition) is 3. The van der Waals surface area contributed by atoms with E-state index in [0.29, 0.717) is 28.6 Å². The summed E-state index contributed by atoms with van der Waals surface area (Å²) in [6.07, 6.45) is -2.10. The molecule has 1 fully saturated rings. The summed E-state index contributed by atoms with van der Waals surface area (Å²) in [6.45, 7) is 2.87. The standard InChI is InChI=1S/C28H26F3NO2/c1-33-26-16-19(18-32-13-11-21(12-14-32)20-5-3-2-4-6-20)15-23-17-25(34-27(23)26)22-7-9-24(10-8-22)28(29,30)31/h2-10,15-17,21H,11-14,18H2,1H3. The Morgan fingerprint density at radius 3 is 2.29 bits per heavy atom. The molecule has 3 aromatic carbocycles. The molecule has 0 radical (unpaired) electrons. The molecule has 4 aromatic rings. The predicted octanol–water partition coefficient (Wildman–Crippen LogP) is 7.51.